The van der Waals surface area contributed by atoms with Gasteiger partial charge in [0.05, 0.1) is 0 Å². The fraction of sp³-hybridized carbons (Fsp3) is 0.250. The maximum Gasteiger partial charge on any atom is 2.00 e. The molecule has 1 radical (unpaired) electrons. The van der Waals surface area contributed by atoms with E-state index in [0.717, 1.165) is 9.52 Å². The van der Waals surface area contributed by atoms with Gasteiger partial charge in [-0.1, -0.05) is 99.6 Å². The van der Waals surface area contributed by atoms with E-state index in [4.69, 9.17) is 5.73 Å². The first-order valence-corrected chi connectivity index (χ1v) is 11.4. The molecule has 0 heterocycles. The van der Waals surface area contributed by atoms with Crippen LogP contribution < -0.4 is 10.4 Å². The third-order valence-corrected chi connectivity index (χ3v) is 3.52. The van der Waals surface area contributed by atoms with Crippen molar-refractivity contribution in [3.8, 4) is 0 Å². The van der Waals surface area contributed by atoms with Gasteiger partial charge < -0.3 is 5.73 Å². The Morgan fingerprint density at radius 2 is 1.52 bits per heavy atom. The molecule has 0 atom stereocenters. The van der Waals surface area contributed by atoms with Crippen LogP contribution in [0.15, 0.2) is 54.6 Å². The van der Waals surface area contributed by atoms with E-state index in [9.17, 15) is 0 Å². The molecule has 2 aromatic rings. The topological polar surface area (TPSA) is 23.8 Å². The molecule has 2 aliphatic rings. The van der Waals surface area contributed by atoms with E-state index in [2.05, 4.69) is 79.9 Å². The fourth-order valence-corrected chi connectivity index (χ4v) is 2.60. The molecule has 0 bridgehead atoms. The van der Waals surface area contributed by atoms with Crippen molar-refractivity contribution in [1.29, 1.82) is 0 Å². The van der Waals surface area contributed by atoms with Crippen LogP contribution >= 0.6 is 24.8 Å². The van der Waals surface area contributed by atoms with Crippen molar-refractivity contribution in [1.82, 2.24) is 0 Å². The Hall–Kier alpha value is -0.869. The van der Waals surface area contributed by atoms with Crippen LogP contribution in [0.4, 0.5) is 0 Å². The van der Waals surface area contributed by atoms with Crippen LogP contribution in [0.1, 0.15) is 37.5 Å². The van der Waals surface area contributed by atoms with Crippen LogP contribution in [0.2, 0.25) is 13.1 Å². The first-order valence-electron chi connectivity index (χ1n) is 9.04. The molecule has 2 aliphatic carbocycles. The van der Waals surface area contributed by atoms with Gasteiger partial charge in [0.15, 0.2) is 0 Å². The molecule has 0 aromatic heterocycles. The summed E-state index contributed by atoms with van der Waals surface area (Å²) in [7, 11) is 0.750. The quantitative estimate of drug-likeness (QED) is 0.365. The monoisotopic (exact) mass is 478 g/mol. The van der Waals surface area contributed by atoms with Gasteiger partial charge in [-0.15, -0.1) is 59.7 Å². The van der Waals surface area contributed by atoms with Gasteiger partial charge in [-0.3, -0.25) is 0 Å². The first kappa shape index (κ1) is 30.3. The molecule has 0 unspecified atom stereocenters. The third-order valence-electron chi connectivity index (χ3n) is 3.52. The zero-order chi connectivity index (χ0) is 19.2. The van der Waals surface area contributed by atoms with Gasteiger partial charge in [0, 0.05) is 9.52 Å². The molecule has 0 saturated heterocycles. The molecule has 0 fully saturated rings. The summed E-state index contributed by atoms with van der Waals surface area (Å²) in [6, 6.07) is 15.0. The molecular weight excluding hydrogens is 449 g/mol. The molecule has 4 rings (SSSR count). The van der Waals surface area contributed by atoms with Crippen molar-refractivity contribution in [3.63, 3.8) is 0 Å². The van der Waals surface area contributed by atoms with Crippen molar-refractivity contribution in [2.24, 2.45) is 0 Å². The molecule has 29 heavy (non-hydrogen) atoms. The zero-order valence-electron chi connectivity index (χ0n) is 17.7. The molecule has 1 N–H and O–H groups in total. The van der Waals surface area contributed by atoms with Crippen LogP contribution in [0.25, 0.3) is 29.5 Å². The second-order valence-electron chi connectivity index (χ2n) is 7.45. The molecule has 0 saturated carbocycles. The summed E-state index contributed by atoms with van der Waals surface area (Å²) in [6.07, 6.45) is 11.9. The number of benzene rings is 2. The third kappa shape index (κ3) is 9.65. The van der Waals surface area contributed by atoms with Crippen LogP contribution in [0.5, 0.6) is 0 Å². The Balaban J connectivity index is 0. The van der Waals surface area contributed by atoms with Crippen molar-refractivity contribution >= 4 is 58.1 Å². The summed E-state index contributed by atoms with van der Waals surface area (Å²) in [6.45, 7) is 9.98. The van der Waals surface area contributed by atoms with Gasteiger partial charge in [-0.25, -0.2) is 0 Å². The molecular formula is C24H30Cl2NSiTi. The number of hydrogen-bond acceptors (Lipinski definition) is 0. The SMILES string of the molecule is CC(C)(C)[NH-].C[SiH]C.Cl.Cl.[C-]1=c2cc3c(cc2C(c2ccccc2)=C1)=CC=C3.[Ti+2]. The Morgan fingerprint density at radius 3 is 2.07 bits per heavy atom. The Labute approximate surface area is 205 Å². The van der Waals surface area contributed by atoms with Gasteiger partial charge in [-0.05, 0) is 5.22 Å². The van der Waals surface area contributed by atoms with Crippen LogP contribution in [-0.4, -0.2) is 15.1 Å². The molecule has 2 aromatic carbocycles. The minimum absolute atomic E-state index is 0. The van der Waals surface area contributed by atoms with Crippen LogP contribution in [-0.2, 0) is 21.7 Å². The molecule has 0 amide bonds. The van der Waals surface area contributed by atoms with E-state index in [-0.39, 0.29) is 52.1 Å². The fourth-order valence-electron chi connectivity index (χ4n) is 2.60. The Kier molecular flexibility index (Phi) is 14.8. The maximum absolute atomic E-state index is 6.94. The summed E-state index contributed by atoms with van der Waals surface area (Å²) >= 11 is 0. The molecule has 1 nitrogen and oxygen atoms in total. The van der Waals surface area contributed by atoms with Gasteiger partial charge in [-0.2, -0.15) is 5.22 Å². The van der Waals surface area contributed by atoms with E-state index in [1.54, 1.807) is 0 Å². The van der Waals surface area contributed by atoms with Gasteiger partial charge >= 0.3 is 21.7 Å². The van der Waals surface area contributed by atoms with Gasteiger partial charge in [0.25, 0.3) is 0 Å². The number of hydrogen-bond donors (Lipinski definition) is 0. The number of nitrogens with one attached hydrogen (secondary N) is 1. The molecule has 153 valence electrons. The predicted octanol–water partition coefficient (Wildman–Crippen LogP) is 5.79. The number of fused-ring (bicyclic) bond motifs is 2. The second kappa shape index (κ2) is 14.2. The van der Waals surface area contributed by atoms with E-state index >= 15 is 0 Å². The minimum Gasteiger partial charge on any atom is -0.673 e. The number of allylic oxidation sites excluding steroid dienone is 2. The Bertz CT molecular complexity index is 924. The van der Waals surface area contributed by atoms with Crippen molar-refractivity contribution < 1.29 is 21.7 Å². The number of rotatable bonds is 1. The maximum atomic E-state index is 6.94. The predicted molar refractivity (Wildman–Crippen MR) is 134 cm³/mol. The Morgan fingerprint density at radius 1 is 0.966 bits per heavy atom. The zero-order valence-corrected chi connectivity index (χ0v) is 22.1. The summed E-state index contributed by atoms with van der Waals surface area (Å²) in [4.78, 5) is 0. The van der Waals surface area contributed by atoms with Crippen molar-refractivity contribution in [3.05, 3.63) is 87.5 Å². The molecule has 0 aliphatic heterocycles. The summed E-state index contributed by atoms with van der Waals surface area (Å²) in [5.41, 5.74) is 11.8. The number of halogens is 2. The standard InChI is InChI=1S/C18H11.C4H10N.C2H7Si.2ClH.Ti/c1-2-5-13(6-3-1)17-10-9-16-11-14-7-4-8-15(14)12-18(16)17;1-4(2,3)5;1-3-2;;;/h1-8,10-12H;5H,1-3H3;3H,1-2H3;2*1H;/q2*-1;;;;+2. The molecule has 0 spiro atoms. The van der Waals surface area contributed by atoms with E-state index in [1.165, 1.54) is 32.7 Å². The van der Waals surface area contributed by atoms with Crippen molar-refractivity contribution in [2.45, 2.75) is 39.4 Å². The van der Waals surface area contributed by atoms with Crippen LogP contribution in [0.3, 0.4) is 0 Å². The van der Waals surface area contributed by atoms with Crippen molar-refractivity contribution in [2.75, 3.05) is 0 Å². The minimum atomic E-state index is -0.250. The van der Waals surface area contributed by atoms with E-state index in [1.807, 2.05) is 26.8 Å². The average Bonchev–Trinajstić information content (AvgIpc) is 3.18. The van der Waals surface area contributed by atoms with E-state index < -0.39 is 0 Å². The second-order valence-corrected chi connectivity index (χ2v) is 8.60. The first-order chi connectivity index (χ1) is 12.3. The van der Waals surface area contributed by atoms with E-state index in [0.29, 0.717) is 0 Å². The normalized spacial score (nSPS) is 11.7. The average molecular weight is 479 g/mol. The largest absolute Gasteiger partial charge is 2.00 e. The summed E-state index contributed by atoms with van der Waals surface area (Å²) in [5, 5.41) is 2.51. The smallest absolute Gasteiger partial charge is 0.673 e. The molecule has 5 heteroatoms. The van der Waals surface area contributed by atoms with Gasteiger partial charge in [0.2, 0.25) is 0 Å². The summed E-state index contributed by atoms with van der Waals surface area (Å²) in [5.74, 6) is 0. The van der Waals surface area contributed by atoms with Crippen LogP contribution in [0, 0.1) is 0 Å². The summed E-state index contributed by atoms with van der Waals surface area (Å²) < 4.78 is 0. The van der Waals surface area contributed by atoms with Gasteiger partial charge in [0.1, 0.15) is 0 Å².